The van der Waals surface area contributed by atoms with E-state index in [0.29, 0.717) is 10.8 Å². The molecule has 1 aromatic heterocycles. The van der Waals surface area contributed by atoms with Gasteiger partial charge in [0.15, 0.2) is 0 Å². The van der Waals surface area contributed by atoms with Gasteiger partial charge in [-0.05, 0) is 24.3 Å². The van der Waals surface area contributed by atoms with Gasteiger partial charge in [-0.15, -0.1) is 24.5 Å². The number of para-hydroxylation sites is 1. The average molecular weight is 394 g/mol. The number of carbonyl (C=O) groups is 1. The van der Waals surface area contributed by atoms with Gasteiger partial charge in [0.25, 0.3) is 5.91 Å². The van der Waals surface area contributed by atoms with Gasteiger partial charge in [0.1, 0.15) is 22.2 Å². The summed E-state index contributed by atoms with van der Waals surface area (Å²) in [6.07, 6.45) is -4.80. The number of nitrogens with one attached hydrogen (secondary N) is 1. The standard InChI is InChI=1S/C18H13F3N2O3S/c1-25-15-8-3-2-7-13(15)17-23-14(10-27-17)16(24)22-11-5-4-6-12(9-11)26-18(19,20)21/h2-10H,1H3,(H,22,24). The number of nitrogens with zero attached hydrogens (tertiary/aromatic N) is 1. The highest BCUT2D eigenvalue weighted by molar-refractivity contribution is 7.13. The zero-order valence-corrected chi connectivity index (χ0v) is 14.7. The minimum Gasteiger partial charge on any atom is -0.496 e. The first-order chi connectivity index (χ1) is 12.9. The largest absolute Gasteiger partial charge is 0.573 e. The van der Waals surface area contributed by atoms with Crippen molar-refractivity contribution >= 4 is 22.9 Å². The molecule has 1 heterocycles. The van der Waals surface area contributed by atoms with Crippen molar-refractivity contribution in [2.24, 2.45) is 0 Å². The van der Waals surface area contributed by atoms with Gasteiger partial charge in [0, 0.05) is 17.1 Å². The van der Waals surface area contributed by atoms with Crippen LogP contribution in [-0.2, 0) is 0 Å². The second-order valence-electron chi connectivity index (χ2n) is 5.27. The minimum absolute atomic E-state index is 0.142. The summed E-state index contributed by atoms with van der Waals surface area (Å²) in [6.45, 7) is 0. The summed E-state index contributed by atoms with van der Waals surface area (Å²) in [7, 11) is 1.54. The average Bonchev–Trinajstić information content (AvgIpc) is 3.10. The maximum atomic E-state index is 12.3. The van der Waals surface area contributed by atoms with Crippen LogP contribution in [0, 0.1) is 0 Å². The Labute approximate surface area is 156 Å². The van der Waals surface area contributed by atoms with Gasteiger partial charge in [-0.3, -0.25) is 4.79 Å². The number of halogens is 3. The van der Waals surface area contributed by atoms with Crippen molar-refractivity contribution in [2.75, 3.05) is 12.4 Å². The van der Waals surface area contributed by atoms with Crippen LogP contribution in [0.4, 0.5) is 18.9 Å². The van der Waals surface area contributed by atoms with Crippen molar-refractivity contribution < 1.29 is 27.4 Å². The smallest absolute Gasteiger partial charge is 0.496 e. The van der Waals surface area contributed by atoms with Crippen LogP contribution in [0.5, 0.6) is 11.5 Å². The van der Waals surface area contributed by atoms with Crippen LogP contribution in [0.25, 0.3) is 10.6 Å². The second kappa shape index (κ2) is 7.67. The molecule has 0 unspecified atom stereocenters. The summed E-state index contributed by atoms with van der Waals surface area (Å²) in [5.74, 6) is -0.347. The number of hydrogen-bond acceptors (Lipinski definition) is 5. The number of anilines is 1. The highest BCUT2D eigenvalue weighted by atomic mass is 32.1. The van der Waals surface area contributed by atoms with Gasteiger partial charge in [0.05, 0.1) is 12.7 Å². The fourth-order valence-corrected chi connectivity index (χ4v) is 3.12. The zero-order valence-electron chi connectivity index (χ0n) is 13.9. The molecule has 0 aliphatic rings. The quantitative estimate of drug-likeness (QED) is 0.664. The Hall–Kier alpha value is -3.07. The van der Waals surface area contributed by atoms with E-state index in [1.54, 1.807) is 11.4 Å². The van der Waals surface area contributed by atoms with Crippen molar-refractivity contribution in [3.63, 3.8) is 0 Å². The molecule has 3 aromatic rings. The van der Waals surface area contributed by atoms with Crippen molar-refractivity contribution in [2.45, 2.75) is 6.36 Å². The van der Waals surface area contributed by atoms with Crippen LogP contribution in [0.15, 0.2) is 53.9 Å². The van der Waals surface area contributed by atoms with Gasteiger partial charge in [-0.25, -0.2) is 4.98 Å². The van der Waals surface area contributed by atoms with Gasteiger partial charge >= 0.3 is 6.36 Å². The minimum atomic E-state index is -4.80. The lowest BCUT2D eigenvalue weighted by Gasteiger charge is -2.10. The van der Waals surface area contributed by atoms with Gasteiger partial charge in [0.2, 0.25) is 0 Å². The van der Waals surface area contributed by atoms with E-state index in [1.165, 1.54) is 30.6 Å². The Morgan fingerprint density at radius 2 is 1.93 bits per heavy atom. The van der Waals surface area contributed by atoms with Crippen molar-refractivity contribution in [1.82, 2.24) is 4.98 Å². The van der Waals surface area contributed by atoms with Crippen molar-refractivity contribution in [1.29, 1.82) is 0 Å². The summed E-state index contributed by atoms with van der Waals surface area (Å²) in [5, 5.41) is 4.66. The second-order valence-corrected chi connectivity index (χ2v) is 6.13. The molecule has 1 N–H and O–H groups in total. The lowest BCUT2D eigenvalue weighted by atomic mass is 10.2. The van der Waals surface area contributed by atoms with Crippen LogP contribution in [0.1, 0.15) is 10.5 Å². The molecule has 27 heavy (non-hydrogen) atoms. The first-order valence-electron chi connectivity index (χ1n) is 7.62. The number of rotatable bonds is 5. The molecule has 0 aliphatic heterocycles. The molecule has 0 bridgehead atoms. The Bertz CT molecular complexity index is 957. The zero-order chi connectivity index (χ0) is 19.4. The fourth-order valence-electron chi connectivity index (χ4n) is 2.29. The Morgan fingerprint density at radius 3 is 2.67 bits per heavy atom. The summed E-state index contributed by atoms with van der Waals surface area (Å²) < 4.78 is 46.0. The molecule has 9 heteroatoms. The van der Waals surface area contributed by atoms with Crippen LogP contribution in [-0.4, -0.2) is 24.4 Å². The first kappa shape index (κ1) is 18.7. The molecule has 0 fully saturated rings. The molecule has 1 amide bonds. The first-order valence-corrected chi connectivity index (χ1v) is 8.50. The monoisotopic (exact) mass is 394 g/mol. The molecule has 5 nitrogen and oxygen atoms in total. The summed E-state index contributed by atoms with van der Waals surface area (Å²) in [4.78, 5) is 16.6. The van der Waals surface area contributed by atoms with E-state index >= 15 is 0 Å². The fraction of sp³-hybridized carbons (Fsp3) is 0.111. The highest BCUT2D eigenvalue weighted by Crippen LogP contribution is 2.32. The third-order valence-electron chi connectivity index (χ3n) is 3.40. The summed E-state index contributed by atoms with van der Waals surface area (Å²) in [6, 6.07) is 12.3. The van der Waals surface area contributed by atoms with E-state index < -0.39 is 18.0 Å². The van der Waals surface area contributed by atoms with E-state index in [4.69, 9.17) is 4.74 Å². The molecule has 140 valence electrons. The number of hydrogen-bond donors (Lipinski definition) is 1. The third kappa shape index (κ3) is 4.76. The number of methoxy groups -OCH3 is 1. The van der Waals surface area contributed by atoms with Crippen molar-refractivity contribution in [3.8, 4) is 22.1 Å². The molecule has 3 rings (SSSR count). The van der Waals surface area contributed by atoms with Crippen LogP contribution < -0.4 is 14.8 Å². The number of alkyl halides is 3. The van der Waals surface area contributed by atoms with Gasteiger partial charge < -0.3 is 14.8 Å². The van der Waals surface area contributed by atoms with Crippen LogP contribution in [0.3, 0.4) is 0 Å². The molecular weight excluding hydrogens is 381 g/mol. The lowest BCUT2D eigenvalue weighted by Crippen LogP contribution is -2.17. The SMILES string of the molecule is COc1ccccc1-c1nc(C(=O)Nc2cccc(OC(F)(F)F)c2)cs1. The summed E-state index contributed by atoms with van der Waals surface area (Å²) >= 11 is 1.26. The molecule has 0 spiro atoms. The normalized spacial score (nSPS) is 11.1. The lowest BCUT2D eigenvalue weighted by molar-refractivity contribution is -0.274. The highest BCUT2D eigenvalue weighted by Gasteiger charge is 2.31. The molecule has 0 saturated heterocycles. The maximum Gasteiger partial charge on any atom is 0.573 e. The Balaban J connectivity index is 1.76. The molecule has 0 aliphatic carbocycles. The molecular formula is C18H13F3N2O3S. The molecule has 0 radical (unpaired) electrons. The Kier molecular flexibility index (Phi) is 5.31. The number of carbonyl (C=O) groups excluding carboxylic acids is 1. The number of aromatic nitrogens is 1. The van der Waals surface area contributed by atoms with E-state index in [0.717, 1.165) is 17.7 Å². The van der Waals surface area contributed by atoms with Gasteiger partial charge in [-0.2, -0.15) is 0 Å². The predicted molar refractivity (Wildman–Crippen MR) is 95.2 cm³/mol. The van der Waals surface area contributed by atoms with Crippen molar-refractivity contribution in [3.05, 3.63) is 59.6 Å². The molecule has 2 aromatic carbocycles. The van der Waals surface area contributed by atoms with E-state index in [-0.39, 0.29) is 11.4 Å². The number of thiazole rings is 1. The van der Waals surface area contributed by atoms with E-state index in [1.807, 2.05) is 18.2 Å². The maximum absolute atomic E-state index is 12.3. The summed E-state index contributed by atoms with van der Waals surface area (Å²) in [5.41, 5.74) is 1.04. The van der Waals surface area contributed by atoms with E-state index in [2.05, 4.69) is 15.0 Å². The predicted octanol–water partition coefficient (Wildman–Crippen LogP) is 4.97. The molecule has 0 saturated carbocycles. The number of amides is 1. The Morgan fingerprint density at radius 1 is 1.15 bits per heavy atom. The molecule has 0 atom stereocenters. The topological polar surface area (TPSA) is 60.5 Å². The van der Waals surface area contributed by atoms with E-state index in [9.17, 15) is 18.0 Å². The third-order valence-corrected chi connectivity index (χ3v) is 4.28. The number of benzene rings is 2. The van der Waals surface area contributed by atoms with Gasteiger partial charge in [-0.1, -0.05) is 18.2 Å². The number of ether oxygens (including phenoxy) is 2. The van der Waals surface area contributed by atoms with Crippen LogP contribution in [0.2, 0.25) is 0 Å². The van der Waals surface area contributed by atoms with Crippen LogP contribution >= 0.6 is 11.3 Å².